The SMILES string of the molecule is COC(=O)N1CCC(c2c(I)nn(OCc3ccccc3)c2-c2ccccc2)CC1. The number of halogens is 1. The number of amides is 1. The summed E-state index contributed by atoms with van der Waals surface area (Å²) in [5.74, 6) is 0.307. The first-order valence-corrected chi connectivity index (χ1v) is 11.1. The average Bonchev–Trinajstić information content (AvgIpc) is 3.14. The lowest BCUT2D eigenvalue weighted by Gasteiger charge is -2.31. The summed E-state index contributed by atoms with van der Waals surface area (Å²) in [4.78, 5) is 21.4. The number of likely N-dealkylation sites (tertiary alicyclic amines) is 1. The molecule has 30 heavy (non-hydrogen) atoms. The second-order valence-corrected chi connectivity index (χ2v) is 8.30. The Morgan fingerprint density at radius 2 is 1.70 bits per heavy atom. The molecule has 1 fully saturated rings. The molecule has 1 aliphatic heterocycles. The first-order chi connectivity index (χ1) is 14.7. The van der Waals surface area contributed by atoms with Crippen LogP contribution in [-0.4, -0.2) is 41.1 Å². The van der Waals surface area contributed by atoms with Gasteiger partial charge < -0.3 is 14.5 Å². The third-order valence-corrected chi connectivity index (χ3v) is 6.22. The maximum Gasteiger partial charge on any atom is 0.409 e. The van der Waals surface area contributed by atoms with Gasteiger partial charge in [-0.05, 0) is 46.9 Å². The molecule has 156 valence electrons. The van der Waals surface area contributed by atoms with Crippen LogP contribution in [0.1, 0.15) is 29.9 Å². The molecule has 0 saturated carbocycles. The molecule has 0 atom stereocenters. The van der Waals surface area contributed by atoms with Gasteiger partial charge in [-0.3, -0.25) is 0 Å². The van der Waals surface area contributed by atoms with Gasteiger partial charge in [-0.2, -0.15) is 0 Å². The molecule has 1 saturated heterocycles. The Morgan fingerprint density at radius 1 is 1.07 bits per heavy atom. The van der Waals surface area contributed by atoms with Crippen molar-refractivity contribution in [2.45, 2.75) is 25.4 Å². The highest BCUT2D eigenvalue weighted by atomic mass is 127. The molecular weight excluding hydrogens is 493 g/mol. The van der Waals surface area contributed by atoms with E-state index in [0.717, 1.165) is 33.4 Å². The van der Waals surface area contributed by atoms with Crippen LogP contribution in [0.25, 0.3) is 11.3 Å². The summed E-state index contributed by atoms with van der Waals surface area (Å²) >= 11 is 2.30. The Labute approximate surface area is 189 Å². The van der Waals surface area contributed by atoms with Crippen LogP contribution in [-0.2, 0) is 11.3 Å². The molecule has 4 rings (SSSR count). The van der Waals surface area contributed by atoms with Gasteiger partial charge in [0.15, 0.2) is 0 Å². The minimum Gasteiger partial charge on any atom is -0.453 e. The molecule has 0 bridgehead atoms. The minimum absolute atomic E-state index is 0.256. The Balaban J connectivity index is 1.63. The number of nitrogens with zero attached hydrogens (tertiary/aromatic N) is 3. The van der Waals surface area contributed by atoms with Gasteiger partial charge in [-0.1, -0.05) is 65.5 Å². The van der Waals surface area contributed by atoms with Crippen molar-refractivity contribution in [3.05, 3.63) is 75.5 Å². The summed E-state index contributed by atoms with van der Waals surface area (Å²) in [6.07, 6.45) is 1.48. The first kappa shape index (κ1) is 20.7. The molecule has 6 nitrogen and oxygen atoms in total. The summed E-state index contributed by atoms with van der Waals surface area (Å²) in [7, 11) is 1.43. The lowest BCUT2D eigenvalue weighted by Crippen LogP contribution is -2.37. The van der Waals surface area contributed by atoms with Crippen molar-refractivity contribution in [3.8, 4) is 11.3 Å². The highest BCUT2D eigenvalue weighted by Crippen LogP contribution is 2.38. The second-order valence-electron chi connectivity index (χ2n) is 7.28. The number of carbonyl (C=O) groups is 1. The number of piperidine rings is 1. The van der Waals surface area contributed by atoms with E-state index in [-0.39, 0.29) is 6.09 Å². The van der Waals surface area contributed by atoms with E-state index in [9.17, 15) is 4.79 Å². The van der Waals surface area contributed by atoms with Gasteiger partial charge >= 0.3 is 6.09 Å². The van der Waals surface area contributed by atoms with Gasteiger partial charge in [0.05, 0.1) is 7.11 Å². The number of carbonyl (C=O) groups excluding carboxylic acids is 1. The van der Waals surface area contributed by atoms with E-state index in [0.29, 0.717) is 25.6 Å². The molecule has 0 spiro atoms. The van der Waals surface area contributed by atoms with E-state index in [1.165, 1.54) is 12.7 Å². The summed E-state index contributed by atoms with van der Waals surface area (Å²) in [5.41, 5.74) is 4.35. The highest BCUT2D eigenvalue weighted by molar-refractivity contribution is 14.1. The number of hydrogen-bond acceptors (Lipinski definition) is 4. The van der Waals surface area contributed by atoms with Crippen LogP contribution >= 0.6 is 22.6 Å². The van der Waals surface area contributed by atoms with Crippen LogP contribution in [0.15, 0.2) is 60.7 Å². The summed E-state index contributed by atoms with van der Waals surface area (Å²) in [6, 6.07) is 20.3. The quantitative estimate of drug-likeness (QED) is 0.460. The topological polar surface area (TPSA) is 56.6 Å². The maximum absolute atomic E-state index is 11.9. The minimum atomic E-state index is -0.256. The molecule has 0 N–H and O–H groups in total. The molecule has 3 aromatic rings. The molecule has 0 radical (unpaired) electrons. The van der Waals surface area contributed by atoms with Gasteiger partial charge in [0.1, 0.15) is 16.0 Å². The smallest absolute Gasteiger partial charge is 0.409 e. The van der Waals surface area contributed by atoms with E-state index in [1.807, 2.05) is 48.5 Å². The van der Waals surface area contributed by atoms with Crippen molar-refractivity contribution in [2.24, 2.45) is 0 Å². The van der Waals surface area contributed by atoms with Crippen LogP contribution in [0.3, 0.4) is 0 Å². The predicted octanol–water partition coefficient (Wildman–Crippen LogP) is 4.73. The van der Waals surface area contributed by atoms with Crippen molar-refractivity contribution < 1.29 is 14.4 Å². The van der Waals surface area contributed by atoms with Crippen LogP contribution in [0.2, 0.25) is 0 Å². The molecule has 0 unspecified atom stereocenters. The van der Waals surface area contributed by atoms with Gasteiger partial charge in [0, 0.05) is 24.2 Å². The lowest BCUT2D eigenvalue weighted by atomic mass is 9.88. The van der Waals surface area contributed by atoms with Crippen molar-refractivity contribution in [2.75, 3.05) is 20.2 Å². The third-order valence-electron chi connectivity index (χ3n) is 5.43. The summed E-state index contributed by atoms with van der Waals surface area (Å²) < 4.78 is 5.82. The Bertz CT molecular complexity index is 984. The van der Waals surface area contributed by atoms with Crippen LogP contribution in [0.5, 0.6) is 0 Å². The molecule has 2 aromatic carbocycles. The maximum atomic E-state index is 11.9. The molecule has 1 aromatic heterocycles. The van der Waals surface area contributed by atoms with Crippen LogP contribution in [0, 0.1) is 3.70 Å². The van der Waals surface area contributed by atoms with Crippen molar-refractivity contribution in [1.29, 1.82) is 0 Å². The van der Waals surface area contributed by atoms with Crippen LogP contribution < -0.4 is 4.84 Å². The lowest BCUT2D eigenvalue weighted by molar-refractivity contribution is 0.0727. The van der Waals surface area contributed by atoms with Gasteiger partial charge in [0.2, 0.25) is 0 Å². The average molecular weight is 517 g/mol. The molecule has 2 heterocycles. The molecule has 0 aliphatic carbocycles. The fourth-order valence-corrected chi connectivity index (χ4v) is 4.78. The van der Waals surface area contributed by atoms with Crippen molar-refractivity contribution in [3.63, 3.8) is 0 Å². The molecular formula is C23H24IN3O3. The van der Waals surface area contributed by atoms with E-state index in [1.54, 1.807) is 9.75 Å². The number of benzene rings is 2. The van der Waals surface area contributed by atoms with E-state index in [4.69, 9.17) is 14.7 Å². The summed E-state index contributed by atoms with van der Waals surface area (Å²) in [6.45, 7) is 1.80. The van der Waals surface area contributed by atoms with Crippen molar-refractivity contribution >= 4 is 28.7 Å². The Hall–Kier alpha value is -2.55. The number of ether oxygens (including phenoxy) is 1. The first-order valence-electron chi connectivity index (χ1n) is 10.0. The zero-order valence-corrected chi connectivity index (χ0v) is 19.0. The summed E-state index contributed by atoms with van der Waals surface area (Å²) in [5, 5.41) is 4.72. The molecule has 1 aliphatic rings. The fraction of sp³-hybridized carbons (Fsp3) is 0.304. The highest BCUT2D eigenvalue weighted by Gasteiger charge is 2.31. The zero-order chi connectivity index (χ0) is 20.9. The molecule has 7 heteroatoms. The largest absolute Gasteiger partial charge is 0.453 e. The van der Waals surface area contributed by atoms with Gasteiger partial charge in [0.25, 0.3) is 0 Å². The van der Waals surface area contributed by atoms with E-state index in [2.05, 4.69) is 34.7 Å². The Kier molecular flexibility index (Phi) is 6.56. The molecule has 1 amide bonds. The third kappa shape index (κ3) is 4.45. The van der Waals surface area contributed by atoms with E-state index >= 15 is 0 Å². The number of hydrogen-bond donors (Lipinski definition) is 0. The van der Waals surface area contributed by atoms with Crippen molar-refractivity contribution in [1.82, 2.24) is 14.8 Å². The monoisotopic (exact) mass is 517 g/mol. The normalized spacial score (nSPS) is 14.5. The standard InChI is InChI=1S/C23H24IN3O3/c1-29-23(28)26-14-12-18(13-15-26)20-21(19-10-6-3-7-11-19)27(25-22(20)24)30-16-17-8-4-2-5-9-17/h2-11,18H,12-16H2,1H3. The predicted molar refractivity (Wildman–Crippen MR) is 123 cm³/mol. The second kappa shape index (κ2) is 9.51. The number of aromatic nitrogens is 2. The van der Waals surface area contributed by atoms with Gasteiger partial charge in [-0.15, -0.1) is 5.10 Å². The zero-order valence-electron chi connectivity index (χ0n) is 16.8. The number of rotatable bonds is 5. The fourth-order valence-electron chi connectivity index (χ4n) is 3.89. The van der Waals surface area contributed by atoms with E-state index < -0.39 is 0 Å². The van der Waals surface area contributed by atoms with Crippen LogP contribution in [0.4, 0.5) is 4.79 Å². The number of methoxy groups -OCH3 is 1. The Morgan fingerprint density at radius 3 is 2.33 bits per heavy atom. The van der Waals surface area contributed by atoms with Gasteiger partial charge in [-0.25, -0.2) is 4.79 Å².